The molecule has 39 heavy (non-hydrogen) atoms. The van der Waals surface area contributed by atoms with E-state index in [1.807, 2.05) is 43.3 Å². The molecule has 0 bridgehead atoms. The van der Waals surface area contributed by atoms with E-state index in [2.05, 4.69) is 37.6 Å². The smallest absolute Gasteiger partial charge is 0.333 e. The summed E-state index contributed by atoms with van der Waals surface area (Å²) in [4.78, 5) is 20.4. The minimum atomic E-state index is -2.72. The largest absolute Gasteiger partial charge is 0.493 e. The molecule has 1 N–H and O–H groups in total. The standard InChI is InChI=1S/C29H28F2N5O2Si/c1-17-5-6-19(38-27(39)25-8-12-35(25)2)16-21(17)26(37)33-29(9-10-29)22-14-18(15-24-20(22)4-3-11-32-24)23-7-13-36(34-23)28(30)31/h3-7,11,13-16,25,27-28H,8-10,12H2,1-2H3,(H,33,37)/t25-,27-/m0/s1. The summed E-state index contributed by atoms with van der Waals surface area (Å²) in [6.45, 7) is 0.226. The fraction of sp³-hybridized carbons (Fsp3) is 0.345. The Labute approximate surface area is 228 Å². The van der Waals surface area contributed by atoms with Crippen LogP contribution in [0.5, 0.6) is 5.75 Å². The molecule has 0 unspecified atom stereocenters. The van der Waals surface area contributed by atoms with E-state index in [0.29, 0.717) is 32.8 Å². The molecule has 1 saturated carbocycles. The number of likely N-dealkylation sites (N-methyl/N-ethyl adjacent to an activating group) is 1. The molecule has 2 fully saturated rings. The fourth-order valence-corrected chi connectivity index (χ4v) is 5.82. The van der Waals surface area contributed by atoms with Crippen molar-refractivity contribution in [1.82, 2.24) is 25.0 Å². The summed E-state index contributed by atoms with van der Waals surface area (Å²) in [5.74, 6) is 0.438. The number of amides is 1. The Morgan fingerprint density at radius 3 is 2.69 bits per heavy atom. The maximum absolute atomic E-state index is 13.7. The van der Waals surface area contributed by atoms with Crippen LogP contribution in [0.15, 0.2) is 60.9 Å². The number of rotatable bonds is 8. The normalized spacial score (nSPS) is 19.1. The predicted molar refractivity (Wildman–Crippen MR) is 145 cm³/mol. The van der Waals surface area contributed by atoms with Crippen LogP contribution in [0.1, 0.15) is 47.3 Å². The number of fused-ring (bicyclic) bond motifs is 1. The Morgan fingerprint density at radius 2 is 2.03 bits per heavy atom. The molecule has 0 spiro atoms. The molecular weight excluding hydrogens is 516 g/mol. The predicted octanol–water partition coefficient (Wildman–Crippen LogP) is 4.80. The molecule has 3 radical (unpaired) electrons. The minimum absolute atomic E-state index is 0.174. The highest BCUT2D eigenvalue weighted by molar-refractivity contribution is 6.11. The van der Waals surface area contributed by atoms with Gasteiger partial charge in [-0.3, -0.25) is 9.78 Å². The van der Waals surface area contributed by atoms with Crippen molar-refractivity contribution in [3.05, 3.63) is 77.6 Å². The second-order valence-corrected chi connectivity index (χ2v) is 11.0. The van der Waals surface area contributed by atoms with Gasteiger partial charge in [-0.05, 0) is 87.3 Å². The van der Waals surface area contributed by atoms with E-state index in [-0.39, 0.29) is 17.7 Å². The van der Waals surface area contributed by atoms with Crippen LogP contribution in [0.4, 0.5) is 8.78 Å². The number of nitrogens with zero attached hydrogens (tertiary/aromatic N) is 4. The first-order valence-electron chi connectivity index (χ1n) is 13.0. The van der Waals surface area contributed by atoms with E-state index in [9.17, 15) is 13.6 Å². The maximum atomic E-state index is 13.7. The van der Waals surface area contributed by atoms with Crippen molar-refractivity contribution in [2.24, 2.45) is 0 Å². The first-order chi connectivity index (χ1) is 18.7. The van der Waals surface area contributed by atoms with Gasteiger partial charge in [-0.15, -0.1) is 0 Å². The summed E-state index contributed by atoms with van der Waals surface area (Å²) >= 11 is 0. The average molecular weight is 545 g/mol. The first kappa shape index (κ1) is 25.6. The number of nitrogens with one attached hydrogen (secondary N) is 1. The number of benzene rings is 2. The van der Waals surface area contributed by atoms with Gasteiger partial charge in [0.2, 0.25) is 0 Å². The lowest BCUT2D eigenvalue weighted by molar-refractivity contribution is 0.0562. The lowest BCUT2D eigenvalue weighted by Gasteiger charge is -2.41. The lowest BCUT2D eigenvalue weighted by atomic mass is 9.95. The summed E-state index contributed by atoms with van der Waals surface area (Å²) in [6, 6.07) is 15.0. The van der Waals surface area contributed by atoms with E-state index >= 15 is 0 Å². The molecule has 6 rings (SSSR count). The summed E-state index contributed by atoms with van der Waals surface area (Å²) in [5.41, 5.74) is 3.35. The van der Waals surface area contributed by atoms with Crippen molar-refractivity contribution in [3.63, 3.8) is 0 Å². The monoisotopic (exact) mass is 544 g/mol. The van der Waals surface area contributed by atoms with Crippen LogP contribution in [0.3, 0.4) is 0 Å². The molecule has 4 aromatic rings. The highest BCUT2D eigenvalue weighted by Crippen LogP contribution is 2.49. The van der Waals surface area contributed by atoms with Gasteiger partial charge in [-0.2, -0.15) is 13.9 Å². The third kappa shape index (κ3) is 4.83. The van der Waals surface area contributed by atoms with Crippen LogP contribution in [-0.2, 0) is 5.54 Å². The minimum Gasteiger partial charge on any atom is -0.493 e. The number of aromatic nitrogens is 3. The molecule has 1 amide bonds. The van der Waals surface area contributed by atoms with Gasteiger partial charge in [0.15, 0.2) is 0 Å². The maximum Gasteiger partial charge on any atom is 0.333 e. The highest BCUT2D eigenvalue weighted by atomic mass is 28.1. The van der Waals surface area contributed by atoms with Crippen LogP contribution in [0, 0.1) is 6.92 Å². The Hall–Kier alpha value is -3.63. The number of ether oxygens (including phenoxy) is 1. The Bertz CT molecular complexity index is 1550. The van der Waals surface area contributed by atoms with E-state index in [1.54, 1.807) is 18.3 Å². The quantitative estimate of drug-likeness (QED) is 0.323. The van der Waals surface area contributed by atoms with E-state index in [4.69, 9.17) is 4.74 Å². The number of aryl methyl sites for hydroxylation is 1. The SMILES string of the molecule is Cc1ccc(O[C@@H]([Si])[C@@H]2CCN2C)cc1C(=O)NC1(c2cc(-c3ccn(C(F)F)n3)cc3ncccc23)CC1. The van der Waals surface area contributed by atoms with E-state index < -0.39 is 12.1 Å². The van der Waals surface area contributed by atoms with Crippen molar-refractivity contribution in [2.75, 3.05) is 13.6 Å². The van der Waals surface area contributed by atoms with Crippen LogP contribution in [-0.4, -0.2) is 61.2 Å². The Balaban J connectivity index is 1.30. The zero-order chi connectivity index (χ0) is 27.3. The molecule has 1 aliphatic heterocycles. The molecule has 3 heterocycles. The number of halogens is 2. The number of alkyl halides is 2. The number of pyridine rings is 1. The number of carbonyl (C=O) groups is 1. The van der Waals surface area contributed by atoms with Crippen molar-refractivity contribution < 1.29 is 18.3 Å². The van der Waals surface area contributed by atoms with Crippen molar-refractivity contribution in [1.29, 1.82) is 0 Å². The van der Waals surface area contributed by atoms with Crippen LogP contribution in [0.2, 0.25) is 0 Å². The molecule has 1 saturated heterocycles. The lowest BCUT2D eigenvalue weighted by Crippen LogP contribution is -2.53. The third-order valence-electron chi connectivity index (χ3n) is 7.85. The van der Waals surface area contributed by atoms with Crippen molar-refractivity contribution >= 4 is 27.1 Å². The van der Waals surface area contributed by atoms with Crippen molar-refractivity contribution in [2.45, 2.75) is 50.0 Å². The molecule has 2 aliphatic rings. The van der Waals surface area contributed by atoms with Gasteiger partial charge in [-0.1, -0.05) is 12.1 Å². The summed E-state index contributed by atoms with van der Waals surface area (Å²) < 4.78 is 33.1. The zero-order valence-electron chi connectivity index (χ0n) is 21.7. The van der Waals surface area contributed by atoms with Gasteiger partial charge >= 0.3 is 6.55 Å². The Kier molecular flexibility index (Phi) is 6.47. The fourth-order valence-electron chi connectivity index (χ4n) is 5.26. The van der Waals surface area contributed by atoms with Crippen LogP contribution >= 0.6 is 0 Å². The molecular formula is C29H28F2N5O2Si. The average Bonchev–Trinajstić information content (AvgIpc) is 3.50. The van der Waals surface area contributed by atoms with E-state index in [1.165, 1.54) is 6.20 Å². The second kappa shape index (κ2) is 9.84. The molecule has 10 heteroatoms. The van der Waals surface area contributed by atoms with Gasteiger partial charge in [0.05, 0.1) is 32.7 Å². The zero-order valence-corrected chi connectivity index (χ0v) is 22.7. The molecule has 2 aromatic carbocycles. The van der Waals surface area contributed by atoms with Gasteiger partial charge in [0.1, 0.15) is 5.75 Å². The summed E-state index contributed by atoms with van der Waals surface area (Å²) in [6.07, 6.45) is 5.51. The third-order valence-corrected chi connectivity index (χ3v) is 8.36. The molecule has 2 atom stereocenters. The Morgan fingerprint density at radius 1 is 1.21 bits per heavy atom. The summed E-state index contributed by atoms with van der Waals surface area (Å²) in [7, 11) is 5.76. The van der Waals surface area contributed by atoms with E-state index in [0.717, 1.165) is 42.3 Å². The molecule has 2 aromatic heterocycles. The van der Waals surface area contributed by atoms with Gasteiger partial charge in [-0.25, -0.2) is 4.68 Å². The number of likely N-dealkylation sites (tertiary alicyclic amines) is 1. The topological polar surface area (TPSA) is 72.3 Å². The van der Waals surface area contributed by atoms with Crippen LogP contribution in [0.25, 0.3) is 22.2 Å². The molecule has 1 aliphatic carbocycles. The van der Waals surface area contributed by atoms with Gasteiger partial charge < -0.3 is 15.0 Å². The number of hydrogen-bond acceptors (Lipinski definition) is 5. The first-order valence-corrected chi connectivity index (χ1v) is 13.6. The highest BCUT2D eigenvalue weighted by Gasteiger charge is 2.47. The number of carbonyl (C=O) groups excluding carboxylic acids is 1. The van der Waals surface area contributed by atoms with Crippen LogP contribution < -0.4 is 10.1 Å². The summed E-state index contributed by atoms with van der Waals surface area (Å²) in [5, 5.41) is 8.23. The number of hydrogen-bond donors (Lipinski definition) is 1. The molecule has 199 valence electrons. The van der Waals surface area contributed by atoms with Crippen molar-refractivity contribution in [3.8, 4) is 17.0 Å². The van der Waals surface area contributed by atoms with Gasteiger partial charge in [0.25, 0.3) is 5.91 Å². The van der Waals surface area contributed by atoms with Gasteiger partial charge in [0, 0.05) is 34.9 Å². The molecule has 7 nitrogen and oxygen atoms in total. The second-order valence-electron chi connectivity index (χ2n) is 10.4.